The van der Waals surface area contributed by atoms with E-state index in [1.54, 1.807) is 24.3 Å². The van der Waals surface area contributed by atoms with Crippen LogP contribution < -0.4 is 0 Å². The van der Waals surface area contributed by atoms with Crippen LogP contribution in [-0.4, -0.2) is 35.8 Å². The van der Waals surface area contributed by atoms with Crippen LogP contribution in [0.25, 0.3) is 0 Å². The van der Waals surface area contributed by atoms with E-state index in [0.717, 1.165) is 25.7 Å². The molecule has 2 amide bonds. The third kappa shape index (κ3) is 2.87. The number of carbonyl (C=O) groups is 3. The summed E-state index contributed by atoms with van der Waals surface area (Å²) in [4.78, 5) is 38.6. The molecule has 1 aliphatic carbocycles. The van der Waals surface area contributed by atoms with Gasteiger partial charge in [0.05, 0.1) is 30.7 Å². The fourth-order valence-corrected chi connectivity index (χ4v) is 3.75. The third-order valence-electron chi connectivity index (χ3n) is 4.95. The number of hydrogen-bond acceptors (Lipinski definition) is 4. The summed E-state index contributed by atoms with van der Waals surface area (Å²) in [6.07, 6.45) is 5.28. The van der Waals surface area contributed by atoms with Gasteiger partial charge in [-0.15, -0.1) is 0 Å². The van der Waals surface area contributed by atoms with E-state index < -0.39 is 6.04 Å². The maximum atomic E-state index is 12.7. The van der Waals surface area contributed by atoms with Crippen LogP contribution in [-0.2, 0) is 9.53 Å². The SMILES string of the molecule is COC(=O)C[C@@H](C1CCCCC1)N1C(=O)c2ccccc2C1=O. The number of amides is 2. The van der Waals surface area contributed by atoms with Gasteiger partial charge in [-0.25, -0.2) is 0 Å². The van der Waals surface area contributed by atoms with Gasteiger partial charge in [-0.1, -0.05) is 31.4 Å². The van der Waals surface area contributed by atoms with Crippen molar-refractivity contribution in [2.24, 2.45) is 5.92 Å². The zero-order chi connectivity index (χ0) is 16.4. The average molecular weight is 315 g/mol. The second-order valence-electron chi connectivity index (χ2n) is 6.27. The number of ether oxygens (including phenoxy) is 1. The minimum absolute atomic E-state index is 0.0760. The molecule has 1 fully saturated rings. The number of nitrogens with zero attached hydrogens (tertiary/aromatic N) is 1. The van der Waals surface area contributed by atoms with Gasteiger partial charge < -0.3 is 4.74 Å². The second-order valence-corrected chi connectivity index (χ2v) is 6.27. The first kappa shape index (κ1) is 15.7. The van der Waals surface area contributed by atoms with Gasteiger partial charge in [0.1, 0.15) is 0 Å². The standard InChI is InChI=1S/C18H21NO4/c1-23-16(20)11-15(12-7-3-2-4-8-12)19-17(21)13-9-5-6-10-14(13)18(19)22/h5-6,9-10,12,15H,2-4,7-8,11H2,1H3/t15-/m0/s1. The number of fused-ring (bicyclic) bond motifs is 1. The average Bonchev–Trinajstić information content (AvgIpc) is 2.85. The van der Waals surface area contributed by atoms with E-state index in [2.05, 4.69) is 0 Å². The molecule has 5 heteroatoms. The topological polar surface area (TPSA) is 63.7 Å². The Kier molecular flexibility index (Phi) is 4.46. The normalized spacial score (nSPS) is 19.6. The van der Waals surface area contributed by atoms with Crippen molar-refractivity contribution in [3.05, 3.63) is 35.4 Å². The predicted molar refractivity (Wildman–Crippen MR) is 83.9 cm³/mol. The van der Waals surface area contributed by atoms with Gasteiger partial charge >= 0.3 is 5.97 Å². The molecule has 0 radical (unpaired) electrons. The van der Waals surface area contributed by atoms with Gasteiger partial charge in [-0.2, -0.15) is 0 Å². The molecule has 0 spiro atoms. The van der Waals surface area contributed by atoms with E-state index in [1.165, 1.54) is 18.4 Å². The summed E-state index contributed by atoms with van der Waals surface area (Å²) < 4.78 is 4.79. The monoisotopic (exact) mass is 315 g/mol. The molecular weight excluding hydrogens is 294 g/mol. The number of hydrogen-bond donors (Lipinski definition) is 0. The highest BCUT2D eigenvalue weighted by Gasteiger charge is 2.43. The Hall–Kier alpha value is -2.17. The lowest BCUT2D eigenvalue weighted by molar-refractivity contribution is -0.142. The summed E-state index contributed by atoms with van der Waals surface area (Å²) in [6, 6.07) is 6.44. The first-order chi connectivity index (χ1) is 11.1. The van der Waals surface area contributed by atoms with Crippen molar-refractivity contribution >= 4 is 17.8 Å². The van der Waals surface area contributed by atoms with E-state index in [-0.39, 0.29) is 30.1 Å². The van der Waals surface area contributed by atoms with Gasteiger partial charge in [0, 0.05) is 0 Å². The zero-order valence-electron chi connectivity index (χ0n) is 13.3. The molecule has 0 unspecified atom stereocenters. The maximum absolute atomic E-state index is 12.7. The van der Waals surface area contributed by atoms with Gasteiger partial charge in [0.2, 0.25) is 0 Å². The molecule has 122 valence electrons. The molecule has 23 heavy (non-hydrogen) atoms. The molecule has 1 atom stereocenters. The molecule has 3 rings (SSSR count). The van der Waals surface area contributed by atoms with Crippen LogP contribution in [0.2, 0.25) is 0 Å². The highest BCUT2D eigenvalue weighted by molar-refractivity contribution is 6.21. The first-order valence-corrected chi connectivity index (χ1v) is 8.17. The highest BCUT2D eigenvalue weighted by atomic mass is 16.5. The van der Waals surface area contributed by atoms with Crippen molar-refractivity contribution in [2.75, 3.05) is 7.11 Å². The molecule has 1 aromatic carbocycles. The van der Waals surface area contributed by atoms with Gasteiger partial charge in [-0.05, 0) is 30.9 Å². The summed E-state index contributed by atoms with van der Waals surface area (Å²) in [5, 5.41) is 0. The molecule has 1 heterocycles. The molecule has 1 aromatic rings. The number of methoxy groups -OCH3 is 1. The van der Waals surface area contributed by atoms with Crippen molar-refractivity contribution in [3.8, 4) is 0 Å². The second kappa shape index (κ2) is 6.52. The summed E-state index contributed by atoms with van der Waals surface area (Å²) in [7, 11) is 1.34. The van der Waals surface area contributed by atoms with Crippen LogP contribution in [0.4, 0.5) is 0 Å². The van der Waals surface area contributed by atoms with E-state index >= 15 is 0 Å². The Morgan fingerprint density at radius 2 is 1.70 bits per heavy atom. The van der Waals surface area contributed by atoms with Gasteiger partial charge in [-0.3, -0.25) is 19.3 Å². The summed E-state index contributed by atoms with van der Waals surface area (Å²) in [6.45, 7) is 0. The lowest BCUT2D eigenvalue weighted by atomic mass is 9.82. The molecule has 5 nitrogen and oxygen atoms in total. The lowest BCUT2D eigenvalue weighted by Gasteiger charge is -2.34. The van der Waals surface area contributed by atoms with Crippen LogP contribution in [0, 0.1) is 5.92 Å². The molecule has 0 saturated heterocycles. The van der Waals surface area contributed by atoms with Crippen molar-refractivity contribution in [1.82, 2.24) is 4.90 Å². The van der Waals surface area contributed by atoms with Crippen molar-refractivity contribution in [1.29, 1.82) is 0 Å². The maximum Gasteiger partial charge on any atom is 0.307 e. The Balaban J connectivity index is 1.92. The summed E-state index contributed by atoms with van der Waals surface area (Å²) >= 11 is 0. The smallest absolute Gasteiger partial charge is 0.307 e. The zero-order valence-corrected chi connectivity index (χ0v) is 13.3. The fourth-order valence-electron chi connectivity index (χ4n) is 3.75. The van der Waals surface area contributed by atoms with Crippen LogP contribution in [0.5, 0.6) is 0 Å². The Morgan fingerprint density at radius 1 is 1.13 bits per heavy atom. The number of rotatable bonds is 4. The number of benzene rings is 1. The Bertz CT molecular complexity index is 599. The van der Waals surface area contributed by atoms with E-state index in [1.807, 2.05) is 0 Å². The van der Waals surface area contributed by atoms with E-state index in [4.69, 9.17) is 4.74 Å². The minimum Gasteiger partial charge on any atom is -0.469 e. The van der Waals surface area contributed by atoms with Crippen LogP contribution in [0.15, 0.2) is 24.3 Å². The molecule has 0 N–H and O–H groups in total. The largest absolute Gasteiger partial charge is 0.469 e. The highest BCUT2D eigenvalue weighted by Crippen LogP contribution is 2.35. The molecule has 1 saturated carbocycles. The Morgan fingerprint density at radius 3 is 2.22 bits per heavy atom. The third-order valence-corrected chi connectivity index (χ3v) is 4.95. The van der Waals surface area contributed by atoms with Crippen molar-refractivity contribution in [2.45, 2.75) is 44.6 Å². The number of carbonyl (C=O) groups excluding carboxylic acids is 3. The fraction of sp³-hybridized carbons (Fsp3) is 0.500. The molecule has 0 aromatic heterocycles. The summed E-state index contributed by atoms with van der Waals surface area (Å²) in [5.41, 5.74) is 0.867. The predicted octanol–water partition coefficient (Wildman–Crippen LogP) is 2.79. The van der Waals surface area contributed by atoms with Crippen molar-refractivity contribution in [3.63, 3.8) is 0 Å². The quantitative estimate of drug-likeness (QED) is 0.633. The number of imide groups is 1. The molecular formula is C18H21NO4. The molecule has 2 aliphatic rings. The summed E-state index contributed by atoms with van der Waals surface area (Å²) in [5.74, 6) is -0.780. The minimum atomic E-state index is -0.407. The Labute approximate surface area is 135 Å². The van der Waals surface area contributed by atoms with Crippen LogP contribution in [0.3, 0.4) is 0 Å². The van der Waals surface area contributed by atoms with Crippen LogP contribution in [0.1, 0.15) is 59.2 Å². The number of esters is 1. The van der Waals surface area contributed by atoms with Gasteiger partial charge in [0.25, 0.3) is 11.8 Å². The first-order valence-electron chi connectivity index (χ1n) is 8.17. The van der Waals surface area contributed by atoms with Crippen molar-refractivity contribution < 1.29 is 19.1 Å². The molecule has 0 bridgehead atoms. The van der Waals surface area contributed by atoms with Gasteiger partial charge in [0.15, 0.2) is 0 Å². The van der Waals surface area contributed by atoms with Crippen LogP contribution >= 0.6 is 0 Å². The molecule has 1 aliphatic heterocycles. The van der Waals surface area contributed by atoms with E-state index in [9.17, 15) is 14.4 Å². The lowest BCUT2D eigenvalue weighted by Crippen LogP contribution is -2.46. The van der Waals surface area contributed by atoms with E-state index in [0.29, 0.717) is 11.1 Å².